The molecule has 7 nitrogen and oxygen atoms in total. The summed E-state index contributed by atoms with van der Waals surface area (Å²) < 4.78 is 11.5. The van der Waals surface area contributed by atoms with Crippen LogP contribution in [-0.2, 0) is 4.79 Å². The molecule has 0 aliphatic heterocycles. The molecule has 0 bridgehead atoms. The lowest BCUT2D eigenvalue weighted by molar-refractivity contribution is -0.114. The highest BCUT2D eigenvalue weighted by Crippen LogP contribution is 2.17. The van der Waals surface area contributed by atoms with Crippen molar-refractivity contribution in [3.05, 3.63) is 53.6 Å². The Kier molecular flexibility index (Phi) is 12.0. The van der Waals surface area contributed by atoms with Crippen molar-refractivity contribution < 1.29 is 14.3 Å². The molecule has 0 saturated heterocycles. The second-order valence-corrected chi connectivity index (χ2v) is 6.76. The third-order valence-corrected chi connectivity index (χ3v) is 4.00. The maximum absolute atomic E-state index is 11.1. The maximum Gasteiger partial charge on any atom is 0.221 e. The topological polar surface area (TPSA) is 84.0 Å². The molecular weight excluding hydrogens is 519 g/mol. The van der Waals surface area contributed by atoms with E-state index in [1.54, 1.807) is 25.2 Å². The smallest absolute Gasteiger partial charge is 0.221 e. The third kappa shape index (κ3) is 10.0. The number of carbonyl (C=O) groups is 1. The average Bonchev–Trinajstić information content (AvgIpc) is 2.69. The van der Waals surface area contributed by atoms with Crippen LogP contribution in [0.4, 0.5) is 5.69 Å². The van der Waals surface area contributed by atoms with Crippen LogP contribution >= 0.6 is 35.6 Å². The Morgan fingerprint density at radius 1 is 1.13 bits per heavy atom. The van der Waals surface area contributed by atoms with Gasteiger partial charge in [-0.3, -0.25) is 9.79 Å². The van der Waals surface area contributed by atoms with Crippen LogP contribution in [0, 0.1) is 0 Å². The van der Waals surface area contributed by atoms with Gasteiger partial charge in [0.2, 0.25) is 5.91 Å². The number of nitrogens with one attached hydrogen (secondary N) is 3. The first-order chi connectivity index (χ1) is 14.0. The van der Waals surface area contributed by atoms with Gasteiger partial charge in [-0.25, -0.2) is 0 Å². The molecule has 9 heteroatoms. The molecule has 1 amide bonds. The molecule has 164 valence electrons. The molecule has 0 radical (unpaired) electrons. The summed E-state index contributed by atoms with van der Waals surface area (Å²) >= 11 is 5.88. The van der Waals surface area contributed by atoms with Gasteiger partial charge in [-0.15, -0.1) is 24.0 Å². The molecule has 3 N–H and O–H groups in total. The van der Waals surface area contributed by atoms with Crippen molar-refractivity contribution >= 4 is 53.1 Å². The fourth-order valence-corrected chi connectivity index (χ4v) is 2.58. The summed E-state index contributed by atoms with van der Waals surface area (Å²) in [4.78, 5) is 15.3. The zero-order valence-electron chi connectivity index (χ0n) is 17.3. The van der Waals surface area contributed by atoms with Crippen LogP contribution in [0.15, 0.2) is 53.5 Å². The SMILES string of the molecule is CN=C(NCCOc1cccc(NC(C)=O)c1)NCC(C)Oc1ccc(Cl)cc1.I. The Hall–Kier alpha value is -2.20. The van der Waals surface area contributed by atoms with Crippen LogP contribution in [0.2, 0.25) is 5.02 Å². The van der Waals surface area contributed by atoms with Crippen LogP contribution < -0.4 is 25.4 Å². The van der Waals surface area contributed by atoms with Crippen LogP contribution in [-0.4, -0.2) is 44.7 Å². The number of hydrogen-bond acceptors (Lipinski definition) is 4. The van der Waals surface area contributed by atoms with Gasteiger partial charge in [0.25, 0.3) is 0 Å². The summed E-state index contributed by atoms with van der Waals surface area (Å²) in [6.45, 7) is 5.04. The van der Waals surface area contributed by atoms with Gasteiger partial charge >= 0.3 is 0 Å². The Morgan fingerprint density at radius 3 is 2.53 bits per heavy atom. The quantitative estimate of drug-likeness (QED) is 0.192. The van der Waals surface area contributed by atoms with Crippen LogP contribution in [0.3, 0.4) is 0 Å². The Balaban J connectivity index is 0.00000450. The van der Waals surface area contributed by atoms with Crippen molar-refractivity contribution in [2.75, 3.05) is 32.1 Å². The van der Waals surface area contributed by atoms with E-state index in [-0.39, 0.29) is 36.0 Å². The Morgan fingerprint density at radius 2 is 1.87 bits per heavy atom. The molecule has 0 aliphatic rings. The fourth-order valence-electron chi connectivity index (χ4n) is 2.45. The Bertz CT molecular complexity index is 818. The number of aliphatic imine (C=N–C) groups is 1. The van der Waals surface area contributed by atoms with Gasteiger partial charge in [-0.2, -0.15) is 0 Å². The van der Waals surface area contributed by atoms with Gasteiger partial charge in [0.05, 0.1) is 13.1 Å². The first-order valence-electron chi connectivity index (χ1n) is 9.33. The number of halogens is 2. The fraction of sp³-hybridized carbons (Fsp3) is 0.333. The van der Waals surface area contributed by atoms with Crippen molar-refractivity contribution in [1.82, 2.24) is 10.6 Å². The molecule has 2 aromatic rings. The predicted octanol–water partition coefficient (Wildman–Crippen LogP) is 3.93. The number of benzene rings is 2. The summed E-state index contributed by atoms with van der Waals surface area (Å²) in [5.41, 5.74) is 0.704. The minimum absolute atomic E-state index is 0. The number of nitrogens with zero attached hydrogens (tertiary/aromatic N) is 1. The van der Waals surface area contributed by atoms with E-state index in [0.29, 0.717) is 42.1 Å². The summed E-state index contributed by atoms with van der Waals surface area (Å²) in [5.74, 6) is 1.99. The first-order valence-corrected chi connectivity index (χ1v) is 9.71. The zero-order valence-corrected chi connectivity index (χ0v) is 20.4. The van der Waals surface area contributed by atoms with E-state index in [4.69, 9.17) is 21.1 Å². The van der Waals surface area contributed by atoms with Gasteiger partial charge < -0.3 is 25.4 Å². The van der Waals surface area contributed by atoms with E-state index in [2.05, 4.69) is 20.9 Å². The molecule has 0 fully saturated rings. The number of ether oxygens (including phenoxy) is 2. The van der Waals surface area contributed by atoms with Crippen molar-refractivity contribution in [2.24, 2.45) is 4.99 Å². The first kappa shape index (κ1) is 25.8. The van der Waals surface area contributed by atoms with E-state index in [0.717, 1.165) is 5.75 Å². The van der Waals surface area contributed by atoms with Gasteiger partial charge in [-0.05, 0) is 43.3 Å². The maximum atomic E-state index is 11.1. The molecular formula is C21H28ClIN4O3. The average molecular weight is 547 g/mol. The molecule has 2 aromatic carbocycles. The van der Waals surface area contributed by atoms with E-state index < -0.39 is 0 Å². The molecule has 0 heterocycles. The summed E-state index contributed by atoms with van der Waals surface area (Å²) in [5, 5.41) is 9.81. The molecule has 0 spiro atoms. The lowest BCUT2D eigenvalue weighted by Gasteiger charge is -2.18. The normalized spacial score (nSPS) is 11.7. The minimum atomic E-state index is -0.118. The van der Waals surface area contributed by atoms with E-state index in [1.807, 2.05) is 37.3 Å². The van der Waals surface area contributed by atoms with Crippen LogP contribution in [0.5, 0.6) is 11.5 Å². The highest BCUT2D eigenvalue weighted by molar-refractivity contribution is 14.0. The van der Waals surface area contributed by atoms with Gasteiger partial charge in [-0.1, -0.05) is 17.7 Å². The van der Waals surface area contributed by atoms with Crippen molar-refractivity contribution in [3.8, 4) is 11.5 Å². The molecule has 30 heavy (non-hydrogen) atoms. The van der Waals surface area contributed by atoms with Crippen LogP contribution in [0.1, 0.15) is 13.8 Å². The van der Waals surface area contributed by atoms with Gasteiger partial charge in [0.15, 0.2) is 5.96 Å². The zero-order chi connectivity index (χ0) is 21.1. The van der Waals surface area contributed by atoms with E-state index in [1.165, 1.54) is 6.92 Å². The summed E-state index contributed by atoms with van der Waals surface area (Å²) in [6.07, 6.45) is -0.0532. The number of hydrogen-bond donors (Lipinski definition) is 3. The molecule has 0 aromatic heterocycles. The van der Waals surface area contributed by atoms with Crippen molar-refractivity contribution in [3.63, 3.8) is 0 Å². The van der Waals surface area contributed by atoms with E-state index in [9.17, 15) is 4.79 Å². The predicted molar refractivity (Wildman–Crippen MR) is 133 cm³/mol. The monoisotopic (exact) mass is 546 g/mol. The largest absolute Gasteiger partial charge is 0.492 e. The van der Waals surface area contributed by atoms with E-state index >= 15 is 0 Å². The number of guanidine groups is 1. The number of amides is 1. The summed E-state index contributed by atoms with van der Waals surface area (Å²) in [6, 6.07) is 14.5. The van der Waals surface area contributed by atoms with Gasteiger partial charge in [0.1, 0.15) is 24.2 Å². The number of rotatable bonds is 9. The Labute approximate surface area is 199 Å². The molecule has 0 aliphatic carbocycles. The highest BCUT2D eigenvalue weighted by Gasteiger charge is 2.06. The number of anilines is 1. The molecule has 1 unspecified atom stereocenters. The summed E-state index contributed by atoms with van der Waals surface area (Å²) in [7, 11) is 1.71. The third-order valence-electron chi connectivity index (χ3n) is 3.75. The highest BCUT2D eigenvalue weighted by atomic mass is 127. The standard InChI is InChI=1S/C21H27ClN4O3.HI/c1-15(29-19-9-7-17(22)8-10-19)14-25-21(23-3)24-11-12-28-20-6-4-5-18(13-20)26-16(2)27;/h4-10,13,15H,11-12,14H2,1-3H3,(H,26,27)(H2,23,24,25);1H. The van der Waals surface area contributed by atoms with Crippen LogP contribution in [0.25, 0.3) is 0 Å². The lowest BCUT2D eigenvalue weighted by Crippen LogP contribution is -2.43. The second kappa shape index (κ2) is 13.9. The number of carbonyl (C=O) groups excluding carboxylic acids is 1. The second-order valence-electron chi connectivity index (χ2n) is 6.32. The van der Waals surface area contributed by atoms with Crippen molar-refractivity contribution in [2.45, 2.75) is 20.0 Å². The molecule has 1 atom stereocenters. The molecule has 0 saturated carbocycles. The molecule has 2 rings (SSSR count). The van der Waals surface area contributed by atoms with Crippen molar-refractivity contribution in [1.29, 1.82) is 0 Å². The van der Waals surface area contributed by atoms with Gasteiger partial charge in [0, 0.05) is 30.7 Å². The lowest BCUT2D eigenvalue weighted by atomic mass is 10.3. The minimum Gasteiger partial charge on any atom is -0.492 e.